The normalized spacial score (nSPS) is 57.8. The van der Waals surface area contributed by atoms with Gasteiger partial charge in [-0.25, -0.2) is 0 Å². The van der Waals surface area contributed by atoms with Crippen LogP contribution < -0.4 is 0 Å². The first-order valence-electron chi connectivity index (χ1n) is 23.2. The number of rotatable bonds is 8. The quantitative estimate of drug-likeness (QED) is 0.133. The number of carbonyl (C=O) groups is 1. The highest BCUT2D eigenvalue weighted by Crippen LogP contribution is 2.71. The van der Waals surface area contributed by atoms with Crippen LogP contribution in [0.15, 0.2) is 0 Å². The Kier molecular flexibility index (Phi) is 12.8. The lowest BCUT2D eigenvalue weighted by molar-refractivity contribution is -0.369. The molecule has 9 aliphatic rings. The van der Waals surface area contributed by atoms with Crippen molar-refractivity contribution in [1.82, 2.24) is 0 Å². The number of carbonyl (C=O) groups excluding carboxylic acids is 1. The van der Waals surface area contributed by atoms with Gasteiger partial charge in [0.2, 0.25) is 0 Å². The number of aliphatic hydroxyl groups is 9. The highest BCUT2D eigenvalue weighted by molar-refractivity contribution is 5.83. The van der Waals surface area contributed by atoms with Gasteiger partial charge >= 0.3 is 0 Å². The molecule has 9 rings (SSSR count). The van der Waals surface area contributed by atoms with Crippen LogP contribution in [-0.4, -0.2) is 182 Å². The Morgan fingerprint density at radius 3 is 2.13 bits per heavy atom. The molecular weight excluding hydrogens is 816 g/mol. The summed E-state index contributed by atoms with van der Waals surface area (Å²) >= 11 is 0. The van der Waals surface area contributed by atoms with Crippen molar-refractivity contribution in [1.29, 1.82) is 0 Å². The van der Waals surface area contributed by atoms with Gasteiger partial charge in [0.25, 0.3) is 0 Å². The lowest BCUT2D eigenvalue weighted by Crippen LogP contribution is -2.65. The Morgan fingerprint density at radius 1 is 0.710 bits per heavy atom. The van der Waals surface area contributed by atoms with E-state index in [4.69, 9.17) is 37.9 Å². The third-order valence-electron chi connectivity index (χ3n) is 17.7. The number of fused-ring (bicyclic) bond motifs is 7. The number of Topliss-reactive ketones (excluding diaryl/α,β-unsaturated/α-hetero) is 1. The minimum atomic E-state index is -1.84. The van der Waals surface area contributed by atoms with Crippen molar-refractivity contribution in [3.05, 3.63) is 0 Å². The highest BCUT2D eigenvalue weighted by atomic mass is 16.8. The van der Waals surface area contributed by atoms with Crippen LogP contribution in [0.4, 0.5) is 0 Å². The third-order valence-corrected chi connectivity index (χ3v) is 17.7. The molecule has 0 aromatic heterocycles. The van der Waals surface area contributed by atoms with E-state index in [2.05, 4.69) is 27.7 Å². The monoisotopic (exact) mass is 886 g/mol. The maximum atomic E-state index is 14.4. The summed E-state index contributed by atoms with van der Waals surface area (Å²) in [4.78, 5) is 14.4. The molecule has 1 spiro atoms. The van der Waals surface area contributed by atoms with Gasteiger partial charge in [0, 0.05) is 24.7 Å². The zero-order chi connectivity index (χ0) is 44.2. The van der Waals surface area contributed by atoms with E-state index in [-0.39, 0.29) is 47.1 Å². The smallest absolute Gasteiger partial charge is 0.187 e. The van der Waals surface area contributed by atoms with E-state index in [1.807, 2.05) is 0 Å². The summed E-state index contributed by atoms with van der Waals surface area (Å²) in [6, 6.07) is 0. The predicted molar refractivity (Wildman–Crippen MR) is 210 cm³/mol. The molecule has 9 fully saturated rings. The average Bonchev–Trinajstić information content (AvgIpc) is 3.70. The van der Waals surface area contributed by atoms with E-state index in [1.54, 1.807) is 0 Å². The van der Waals surface area contributed by atoms with Crippen molar-refractivity contribution in [2.45, 2.75) is 189 Å². The molecule has 18 nitrogen and oxygen atoms in total. The van der Waals surface area contributed by atoms with E-state index in [9.17, 15) is 50.8 Å². The Balaban J connectivity index is 0.878. The van der Waals surface area contributed by atoms with Gasteiger partial charge in [-0.05, 0) is 85.4 Å². The summed E-state index contributed by atoms with van der Waals surface area (Å²) in [7, 11) is 0. The minimum absolute atomic E-state index is 0.0626. The molecule has 5 saturated heterocycles. The molecule has 0 radical (unpaired) electrons. The summed E-state index contributed by atoms with van der Waals surface area (Å²) < 4.78 is 48.7. The number of ketones is 1. The van der Waals surface area contributed by atoms with Crippen molar-refractivity contribution < 1.29 is 88.6 Å². The third kappa shape index (κ3) is 7.56. The fourth-order valence-electron chi connectivity index (χ4n) is 14.1. The molecule has 0 aromatic rings. The maximum Gasteiger partial charge on any atom is 0.187 e. The van der Waals surface area contributed by atoms with Crippen molar-refractivity contribution >= 4 is 5.78 Å². The van der Waals surface area contributed by atoms with E-state index in [0.29, 0.717) is 42.9 Å². The SMILES string of the molecule is C[C@@H]1CC[C@@]2(OC1)O[C@H]1C[C@H]3[C@@H]4CC(=O)[C@H]5C[C@@H](O[C@@H]6O[C@H](CO[C@@H]7OC[C@H](O)[C@H](O)[C@H]7O)[C@@H](O[C@@H]7O[C@H](CO)[C@@H](O)[C@H](O)[C@H]7O)[C@H](O)[C@H]6O)CC[C@]5(C)[C@H]4CC[C@]3(C)[C@H]1[C@@H]2C. The summed E-state index contributed by atoms with van der Waals surface area (Å²) in [5, 5.41) is 94.9. The Hall–Kier alpha value is -1.01. The molecule has 0 bridgehead atoms. The first-order valence-corrected chi connectivity index (χ1v) is 23.2. The molecule has 26 atom stereocenters. The van der Waals surface area contributed by atoms with Crippen LogP contribution in [0.1, 0.15) is 85.5 Å². The summed E-state index contributed by atoms with van der Waals surface area (Å²) in [6.07, 6.45) is -15.3. The molecule has 0 aromatic carbocycles. The maximum absolute atomic E-state index is 14.4. The van der Waals surface area contributed by atoms with Crippen LogP contribution in [0.25, 0.3) is 0 Å². The lowest BCUT2D eigenvalue weighted by atomic mass is 9.44. The number of ether oxygens (including phenoxy) is 8. The summed E-state index contributed by atoms with van der Waals surface area (Å²) in [5.41, 5.74) is -0.187. The minimum Gasteiger partial charge on any atom is -0.394 e. The topological polar surface area (TPSA) is 273 Å². The van der Waals surface area contributed by atoms with Crippen LogP contribution in [-0.2, 0) is 42.7 Å². The fraction of sp³-hybridized carbons (Fsp3) is 0.977. The van der Waals surface area contributed by atoms with Crippen LogP contribution in [0.5, 0.6) is 0 Å². The van der Waals surface area contributed by atoms with Crippen LogP contribution in [0.2, 0.25) is 0 Å². The molecular formula is C44H70O18. The molecule has 18 heteroatoms. The van der Waals surface area contributed by atoms with Crippen LogP contribution >= 0.6 is 0 Å². The van der Waals surface area contributed by atoms with E-state index in [0.717, 1.165) is 45.1 Å². The van der Waals surface area contributed by atoms with E-state index >= 15 is 0 Å². The molecule has 5 aliphatic heterocycles. The van der Waals surface area contributed by atoms with Gasteiger partial charge in [0.15, 0.2) is 24.7 Å². The molecule has 0 amide bonds. The fourth-order valence-corrected chi connectivity index (χ4v) is 14.1. The standard InChI is InChI=1S/C44H70O18/c1-18-5-10-44(57-15-18)19(2)30-27(62-44)13-23-21-12-25(46)24-11-20(6-8-42(24,3)22(21)7-9-43(23,30)4)58-40-37(54)34(51)38(61-41-36(53)33(50)32(49)28(14-45)59-41)29(60-40)17-56-39-35(52)31(48)26(47)16-55-39/h18-24,26-41,45,47-54H,5-17H2,1-4H3/t18-,19+,20+,21-,22+,23+,24-,26+,27+,28-,29-,30+,31+,32-,33+,34-,35-,36-,37-,38-,39+,40-,41+,42-,43+,44-/m1/s1. The van der Waals surface area contributed by atoms with Crippen molar-refractivity contribution in [2.24, 2.45) is 52.3 Å². The van der Waals surface area contributed by atoms with Gasteiger partial charge in [0.1, 0.15) is 72.9 Å². The number of hydrogen-bond acceptors (Lipinski definition) is 18. The predicted octanol–water partition coefficient (Wildman–Crippen LogP) is -0.915. The van der Waals surface area contributed by atoms with Crippen molar-refractivity contribution in [3.8, 4) is 0 Å². The van der Waals surface area contributed by atoms with Gasteiger partial charge in [-0.15, -0.1) is 0 Å². The van der Waals surface area contributed by atoms with Gasteiger partial charge in [-0.1, -0.05) is 27.7 Å². The molecule has 4 saturated carbocycles. The molecule has 4 aliphatic carbocycles. The van der Waals surface area contributed by atoms with Gasteiger partial charge in [0.05, 0.1) is 38.6 Å². The Labute approximate surface area is 362 Å². The number of aliphatic hydroxyl groups excluding tert-OH is 9. The number of hydrogen-bond donors (Lipinski definition) is 9. The van der Waals surface area contributed by atoms with Crippen LogP contribution in [0, 0.1) is 52.3 Å². The Morgan fingerprint density at radius 2 is 1.40 bits per heavy atom. The van der Waals surface area contributed by atoms with Crippen molar-refractivity contribution in [2.75, 3.05) is 26.4 Å². The van der Waals surface area contributed by atoms with E-state index in [1.165, 1.54) is 0 Å². The first-order chi connectivity index (χ1) is 29.4. The molecule has 0 unspecified atom stereocenters. The van der Waals surface area contributed by atoms with E-state index < -0.39 is 111 Å². The Bertz CT molecular complexity index is 1600. The average molecular weight is 887 g/mol. The summed E-state index contributed by atoms with van der Waals surface area (Å²) in [6.45, 7) is 8.43. The zero-order valence-electron chi connectivity index (χ0n) is 36.2. The molecule has 62 heavy (non-hydrogen) atoms. The highest BCUT2D eigenvalue weighted by Gasteiger charge is 2.70. The zero-order valence-corrected chi connectivity index (χ0v) is 36.2. The summed E-state index contributed by atoms with van der Waals surface area (Å²) in [5.74, 6) is 1.66. The second kappa shape index (κ2) is 17.3. The molecule has 354 valence electrons. The van der Waals surface area contributed by atoms with Gasteiger partial charge in [-0.3, -0.25) is 4.79 Å². The van der Waals surface area contributed by atoms with Gasteiger partial charge < -0.3 is 83.9 Å². The largest absolute Gasteiger partial charge is 0.394 e. The second-order valence-corrected chi connectivity index (χ2v) is 21.1. The molecule has 5 heterocycles. The molecule has 9 N–H and O–H groups in total. The van der Waals surface area contributed by atoms with Gasteiger partial charge in [-0.2, -0.15) is 0 Å². The van der Waals surface area contributed by atoms with Crippen LogP contribution in [0.3, 0.4) is 0 Å². The lowest BCUT2D eigenvalue weighted by Gasteiger charge is -2.60. The first kappa shape index (κ1) is 46.1. The second-order valence-electron chi connectivity index (χ2n) is 21.1. The van der Waals surface area contributed by atoms with Crippen molar-refractivity contribution in [3.63, 3.8) is 0 Å².